The molecular formula is C31H44N4O6. The van der Waals surface area contributed by atoms with Gasteiger partial charge in [0.1, 0.15) is 23.4 Å². The van der Waals surface area contributed by atoms with Crippen LogP contribution in [0.3, 0.4) is 0 Å². The lowest BCUT2D eigenvalue weighted by molar-refractivity contribution is -0.147. The van der Waals surface area contributed by atoms with E-state index >= 15 is 0 Å². The summed E-state index contributed by atoms with van der Waals surface area (Å²) in [6.45, 7) is 14.4. The number of hydrogen-bond acceptors (Lipinski definition) is 6. The van der Waals surface area contributed by atoms with Crippen LogP contribution in [0.25, 0.3) is 0 Å². The number of primary amides is 1. The standard InChI is InChI=1S/C31H44N4O6/c1-19-11-10-12-23(20(19)2)26(27(37)33-21-13-15-22(40-9)16-14-21)35(30(3,4)5)28(38)24(17-18-25(32)36)34-29(39)41-31(6,7)8/h10-16,24,26H,17-18H2,1-9H3,(H2,32,36)(H,33,37)(H,34,39). The summed E-state index contributed by atoms with van der Waals surface area (Å²) >= 11 is 0. The third kappa shape index (κ3) is 9.51. The fourth-order valence-corrected chi connectivity index (χ4v) is 4.36. The average molecular weight is 569 g/mol. The zero-order valence-electron chi connectivity index (χ0n) is 25.6. The molecule has 4 N–H and O–H groups in total. The highest BCUT2D eigenvalue weighted by Gasteiger charge is 2.42. The third-order valence-corrected chi connectivity index (χ3v) is 6.43. The first-order valence-electron chi connectivity index (χ1n) is 13.6. The zero-order valence-corrected chi connectivity index (χ0v) is 25.6. The first kappa shape index (κ1) is 33.1. The summed E-state index contributed by atoms with van der Waals surface area (Å²) in [5.74, 6) is -0.996. The molecule has 0 aliphatic carbocycles. The van der Waals surface area contributed by atoms with Crippen molar-refractivity contribution >= 4 is 29.5 Å². The van der Waals surface area contributed by atoms with Gasteiger partial charge in [-0.1, -0.05) is 18.2 Å². The summed E-state index contributed by atoms with van der Waals surface area (Å²) in [4.78, 5) is 54.3. The molecule has 0 spiro atoms. The van der Waals surface area contributed by atoms with Crippen molar-refractivity contribution in [2.24, 2.45) is 5.73 Å². The molecule has 0 fully saturated rings. The van der Waals surface area contributed by atoms with E-state index in [1.165, 1.54) is 4.90 Å². The summed E-state index contributed by atoms with van der Waals surface area (Å²) in [7, 11) is 1.55. The number of ether oxygens (including phenoxy) is 2. The van der Waals surface area contributed by atoms with Crippen LogP contribution in [0.15, 0.2) is 42.5 Å². The van der Waals surface area contributed by atoms with Crippen molar-refractivity contribution in [1.82, 2.24) is 10.2 Å². The molecule has 0 bridgehead atoms. The van der Waals surface area contributed by atoms with Gasteiger partial charge in [0, 0.05) is 17.6 Å². The van der Waals surface area contributed by atoms with Crippen LogP contribution in [0.2, 0.25) is 0 Å². The van der Waals surface area contributed by atoms with Crippen LogP contribution >= 0.6 is 0 Å². The van der Waals surface area contributed by atoms with Crippen LogP contribution < -0.4 is 21.1 Å². The number of amides is 4. The van der Waals surface area contributed by atoms with E-state index in [1.54, 1.807) is 52.1 Å². The molecule has 2 atom stereocenters. The second-order valence-electron chi connectivity index (χ2n) is 12.0. The molecule has 4 amide bonds. The largest absolute Gasteiger partial charge is 0.497 e. The van der Waals surface area contributed by atoms with Crippen LogP contribution in [-0.2, 0) is 19.1 Å². The van der Waals surface area contributed by atoms with E-state index in [0.29, 0.717) is 17.0 Å². The number of aryl methyl sites for hydroxylation is 1. The number of benzene rings is 2. The molecule has 2 aromatic carbocycles. The number of nitrogens with one attached hydrogen (secondary N) is 2. The Hall–Kier alpha value is -4.08. The topological polar surface area (TPSA) is 140 Å². The Kier molecular flexibility index (Phi) is 10.9. The van der Waals surface area contributed by atoms with E-state index in [1.807, 2.05) is 52.8 Å². The van der Waals surface area contributed by atoms with Gasteiger partial charge in [-0.3, -0.25) is 14.4 Å². The monoisotopic (exact) mass is 568 g/mol. The number of carbonyl (C=O) groups excluding carboxylic acids is 4. The molecule has 0 saturated carbocycles. The zero-order chi connectivity index (χ0) is 31.1. The van der Waals surface area contributed by atoms with E-state index < -0.39 is 47.0 Å². The van der Waals surface area contributed by atoms with Gasteiger partial charge < -0.3 is 30.7 Å². The molecule has 41 heavy (non-hydrogen) atoms. The molecule has 10 nitrogen and oxygen atoms in total. The molecule has 0 heterocycles. The summed E-state index contributed by atoms with van der Waals surface area (Å²) in [5, 5.41) is 5.54. The minimum atomic E-state index is -1.18. The van der Waals surface area contributed by atoms with Gasteiger partial charge in [-0.2, -0.15) is 0 Å². The minimum absolute atomic E-state index is 0.0698. The van der Waals surface area contributed by atoms with Gasteiger partial charge in [0.15, 0.2) is 0 Å². The Bertz CT molecular complexity index is 1240. The average Bonchev–Trinajstić information content (AvgIpc) is 2.85. The molecule has 0 aliphatic rings. The number of carbonyl (C=O) groups is 4. The fraction of sp³-hybridized carbons (Fsp3) is 0.484. The van der Waals surface area contributed by atoms with Crippen molar-refractivity contribution in [3.8, 4) is 5.75 Å². The molecule has 0 aliphatic heterocycles. The van der Waals surface area contributed by atoms with Crippen LogP contribution in [0, 0.1) is 13.8 Å². The number of rotatable bonds is 10. The fourth-order valence-electron chi connectivity index (χ4n) is 4.36. The van der Waals surface area contributed by atoms with Crippen molar-refractivity contribution < 1.29 is 28.7 Å². The maximum atomic E-state index is 14.4. The summed E-state index contributed by atoms with van der Waals surface area (Å²) < 4.78 is 10.6. The second kappa shape index (κ2) is 13.5. The Morgan fingerprint density at radius 3 is 2.07 bits per heavy atom. The molecule has 224 valence electrons. The molecule has 2 unspecified atom stereocenters. The van der Waals surface area contributed by atoms with Crippen molar-refractivity contribution in [2.75, 3.05) is 12.4 Å². The van der Waals surface area contributed by atoms with Gasteiger partial charge in [-0.05, 0) is 103 Å². The molecule has 2 aromatic rings. The maximum Gasteiger partial charge on any atom is 0.408 e. The lowest BCUT2D eigenvalue weighted by Gasteiger charge is -2.43. The molecule has 2 rings (SSSR count). The van der Waals surface area contributed by atoms with E-state index in [4.69, 9.17) is 15.2 Å². The van der Waals surface area contributed by atoms with Gasteiger partial charge >= 0.3 is 6.09 Å². The van der Waals surface area contributed by atoms with E-state index in [2.05, 4.69) is 10.6 Å². The van der Waals surface area contributed by atoms with E-state index in [9.17, 15) is 19.2 Å². The van der Waals surface area contributed by atoms with Crippen LogP contribution in [0.4, 0.5) is 10.5 Å². The third-order valence-electron chi connectivity index (χ3n) is 6.43. The molecule has 0 aromatic heterocycles. The highest BCUT2D eigenvalue weighted by molar-refractivity contribution is 5.99. The van der Waals surface area contributed by atoms with Crippen molar-refractivity contribution in [3.05, 3.63) is 59.2 Å². The van der Waals surface area contributed by atoms with Gasteiger partial charge in [-0.25, -0.2) is 4.79 Å². The number of nitrogens with zero attached hydrogens (tertiary/aromatic N) is 1. The summed E-state index contributed by atoms with van der Waals surface area (Å²) in [6.07, 6.45) is -1.05. The van der Waals surface area contributed by atoms with Crippen molar-refractivity contribution in [2.45, 2.75) is 91.5 Å². The number of hydrogen-bond donors (Lipinski definition) is 3. The summed E-state index contributed by atoms with van der Waals surface area (Å²) in [5.41, 5.74) is 6.63. The summed E-state index contributed by atoms with van der Waals surface area (Å²) in [6, 6.07) is 10.2. The quantitative estimate of drug-likeness (QED) is 0.377. The van der Waals surface area contributed by atoms with Crippen molar-refractivity contribution in [1.29, 1.82) is 0 Å². The minimum Gasteiger partial charge on any atom is -0.497 e. The normalized spacial score (nSPS) is 13.0. The first-order chi connectivity index (χ1) is 18.9. The highest BCUT2D eigenvalue weighted by Crippen LogP contribution is 2.34. The molecular weight excluding hydrogens is 524 g/mol. The smallest absolute Gasteiger partial charge is 0.408 e. The van der Waals surface area contributed by atoms with Gasteiger partial charge in [0.05, 0.1) is 7.11 Å². The predicted octanol–water partition coefficient (Wildman–Crippen LogP) is 4.78. The second-order valence-corrected chi connectivity index (χ2v) is 12.0. The number of methoxy groups -OCH3 is 1. The first-order valence-corrected chi connectivity index (χ1v) is 13.6. The van der Waals surface area contributed by atoms with Gasteiger partial charge in [-0.15, -0.1) is 0 Å². The van der Waals surface area contributed by atoms with E-state index in [0.717, 1.165) is 11.1 Å². The molecule has 0 radical (unpaired) electrons. The van der Waals surface area contributed by atoms with Gasteiger partial charge in [0.2, 0.25) is 11.8 Å². The van der Waals surface area contributed by atoms with Crippen LogP contribution in [0.5, 0.6) is 5.75 Å². The maximum absolute atomic E-state index is 14.4. The predicted molar refractivity (Wildman–Crippen MR) is 158 cm³/mol. The Balaban J connectivity index is 2.64. The molecule has 10 heteroatoms. The van der Waals surface area contributed by atoms with Crippen LogP contribution in [-0.4, -0.2) is 53.0 Å². The Morgan fingerprint density at radius 1 is 0.951 bits per heavy atom. The number of alkyl carbamates (subject to hydrolysis) is 1. The number of nitrogens with two attached hydrogens (primary N) is 1. The lowest BCUT2D eigenvalue weighted by atomic mass is 9.91. The SMILES string of the molecule is COc1ccc(NC(=O)C(c2cccc(C)c2C)N(C(=O)C(CCC(N)=O)NC(=O)OC(C)(C)C)C(C)(C)C)cc1. The van der Waals surface area contributed by atoms with Gasteiger partial charge in [0.25, 0.3) is 5.91 Å². The van der Waals surface area contributed by atoms with Crippen LogP contribution in [0.1, 0.15) is 77.1 Å². The molecule has 0 saturated heterocycles. The lowest BCUT2D eigenvalue weighted by Crippen LogP contribution is -2.58. The Morgan fingerprint density at radius 2 is 1.56 bits per heavy atom. The van der Waals surface area contributed by atoms with E-state index in [-0.39, 0.29) is 12.8 Å². The van der Waals surface area contributed by atoms with Crippen molar-refractivity contribution in [3.63, 3.8) is 0 Å². The highest BCUT2D eigenvalue weighted by atomic mass is 16.6. The number of anilines is 1. The Labute approximate surface area is 242 Å².